The van der Waals surface area contributed by atoms with Gasteiger partial charge in [0.2, 0.25) is 5.88 Å². The fraction of sp³-hybridized carbons (Fsp3) is 0.400. The maximum Gasteiger partial charge on any atom is 0.335 e. The summed E-state index contributed by atoms with van der Waals surface area (Å²) in [4.78, 5) is 42.6. The van der Waals surface area contributed by atoms with Crippen molar-refractivity contribution in [1.29, 1.82) is 0 Å². The summed E-state index contributed by atoms with van der Waals surface area (Å²) in [5.74, 6) is -1.46. The number of nitrogens with zero attached hydrogens (tertiary/aromatic N) is 2. The highest BCUT2D eigenvalue weighted by atomic mass is 16.4. The molecule has 0 aliphatic heterocycles. The van der Waals surface area contributed by atoms with Gasteiger partial charge in [-0.1, -0.05) is 32.3 Å². The third-order valence-corrected chi connectivity index (χ3v) is 5.04. The van der Waals surface area contributed by atoms with Gasteiger partial charge in [0.05, 0.1) is 17.0 Å². The third-order valence-electron chi connectivity index (χ3n) is 5.04. The van der Waals surface area contributed by atoms with Crippen LogP contribution < -0.4 is 11.2 Å². The minimum atomic E-state index is -1.08. The van der Waals surface area contributed by atoms with E-state index < -0.39 is 17.2 Å². The first-order valence-electron chi connectivity index (χ1n) is 9.41. The van der Waals surface area contributed by atoms with Crippen LogP contribution in [0.1, 0.15) is 67.4 Å². The molecule has 0 radical (unpaired) electrons. The molecule has 1 aromatic carbocycles. The van der Waals surface area contributed by atoms with Gasteiger partial charge in [-0.3, -0.25) is 19.3 Å². The number of aromatic nitrogens is 2. The van der Waals surface area contributed by atoms with Gasteiger partial charge in [-0.25, -0.2) is 9.59 Å². The van der Waals surface area contributed by atoms with Crippen LogP contribution in [0.3, 0.4) is 0 Å². The lowest BCUT2D eigenvalue weighted by Gasteiger charge is -2.25. The Morgan fingerprint density at radius 3 is 2.61 bits per heavy atom. The molecular weight excluding hydrogens is 362 g/mol. The van der Waals surface area contributed by atoms with Crippen LogP contribution in [0.4, 0.5) is 5.69 Å². The number of aliphatic imine (C=N–C) groups is 1. The van der Waals surface area contributed by atoms with Gasteiger partial charge < -0.3 is 10.2 Å². The van der Waals surface area contributed by atoms with Gasteiger partial charge >= 0.3 is 11.7 Å². The molecule has 28 heavy (non-hydrogen) atoms. The van der Waals surface area contributed by atoms with Crippen LogP contribution in [0.25, 0.3) is 0 Å². The largest absolute Gasteiger partial charge is 0.494 e. The molecule has 8 heteroatoms. The number of hydrogen-bond donors (Lipinski definition) is 3. The lowest BCUT2D eigenvalue weighted by Crippen LogP contribution is -2.36. The number of carboxylic acids is 1. The normalized spacial score (nSPS) is 15.5. The molecule has 1 aromatic heterocycles. The summed E-state index contributed by atoms with van der Waals surface area (Å²) in [5.41, 5.74) is -0.668. The molecule has 0 unspecified atom stereocenters. The molecule has 0 amide bonds. The topological polar surface area (TPSA) is 125 Å². The van der Waals surface area contributed by atoms with E-state index in [0.717, 1.165) is 32.1 Å². The van der Waals surface area contributed by atoms with E-state index in [9.17, 15) is 19.5 Å². The molecule has 1 heterocycles. The first-order chi connectivity index (χ1) is 13.4. The second kappa shape index (κ2) is 8.24. The third kappa shape index (κ3) is 3.90. The monoisotopic (exact) mass is 385 g/mol. The number of carbonyl (C=O) groups is 1. The molecule has 0 spiro atoms. The van der Waals surface area contributed by atoms with E-state index in [1.807, 2.05) is 0 Å². The highest BCUT2D eigenvalue weighted by Gasteiger charge is 2.24. The van der Waals surface area contributed by atoms with Crippen molar-refractivity contribution in [3.8, 4) is 5.88 Å². The molecule has 1 aliphatic carbocycles. The first kappa shape index (κ1) is 19.6. The number of nitrogens with one attached hydrogen (secondary N) is 1. The van der Waals surface area contributed by atoms with Crippen molar-refractivity contribution in [3.05, 3.63) is 56.2 Å². The quantitative estimate of drug-likeness (QED) is 0.683. The van der Waals surface area contributed by atoms with Gasteiger partial charge in [-0.2, -0.15) is 0 Å². The number of hydrogen-bond acceptors (Lipinski definition) is 5. The van der Waals surface area contributed by atoms with Crippen molar-refractivity contribution in [2.75, 3.05) is 0 Å². The Labute approximate surface area is 161 Å². The second-order valence-corrected chi connectivity index (χ2v) is 6.89. The van der Waals surface area contributed by atoms with Gasteiger partial charge in [0, 0.05) is 6.04 Å². The number of benzene rings is 1. The average molecular weight is 385 g/mol. The van der Waals surface area contributed by atoms with Crippen LogP contribution in [-0.2, 0) is 0 Å². The Balaban J connectivity index is 2.12. The predicted molar refractivity (Wildman–Crippen MR) is 105 cm³/mol. The van der Waals surface area contributed by atoms with Gasteiger partial charge in [0.15, 0.2) is 0 Å². The fourth-order valence-corrected chi connectivity index (χ4v) is 3.65. The standard InChI is InChI=1S/C20H23N3O5/c1-2-15(21-13-8-6-7-12(11-13)19(26)27)16-17(24)22-20(28)23(18(16)25)14-9-4-3-5-10-14/h6-8,11,14,25H,2-5,9-10H2,1H3,(H,26,27)(H,22,24,28). The van der Waals surface area contributed by atoms with Crippen LogP contribution in [-0.4, -0.2) is 31.4 Å². The summed E-state index contributed by atoms with van der Waals surface area (Å²) < 4.78 is 1.26. The van der Waals surface area contributed by atoms with Crippen LogP contribution >= 0.6 is 0 Å². The number of aromatic carboxylic acids is 1. The summed E-state index contributed by atoms with van der Waals surface area (Å²) >= 11 is 0. The van der Waals surface area contributed by atoms with Gasteiger partial charge in [-0.05, 0) is 37.5 Å². The molecule has 3 rings (SSSR count). The van der Waals surface area contributed by atoms with Crippen molar-refractivity contribution in [2.45, 2.75) is 51.5 Å². The molecule has 0 saturated heterocycles. The molecule has 0 bridgehead atoms. The van der Waals surface area contributed by atoms with E-state index in [4.69, 9.17) is 5.11 Å². The average Bonchev–Trinajstić information content (AvgIpc) is 2.67. The van der Waals surface area contributed by atoms with Crippen molar-refractivity contribution in [3.63, 3.8) is 0 Å². The lowest BCUT2D eigenvalue weighted by atomic mass is 9.95. The molecule has 8 nitrogen and oxygen atoms in total. The number of aromatic amines is 1. The zero-order chi connectivity index (χ0) is 20.3. The number of rotatable bonds is 5. The van der Waals surface area contributed by atoms with E-state index in [1.165, 1.54) is 16.7 Å². The summed E-state index contributed by atoms with van der Waals surface area (Å²) in [6.07, 6.45) is 4.85. The first-order valence-corrected chi connectivity index (χ1v) is 9.41. The number of aromatic hydroxyl groups is 1. The second-order valence-electron chi connectivity index (χ2n) is 6.89. The Morgan fingerprint density at radius 1 is 1.25 bits per heavy atom. The van der Waals surface area contributed by atoms with Crippen molar-refractivity contribution < 1.29 is 15.0 Å². The molecule has 1 fully saturated rings. The fourth-order valence-electron chi connectivity index (χ4n) is 3.65. The van der Waals surface area contributed by atoms with E-state index in [0.29, 0.717) is 12.1 Å². The smallest absolute Gasteiger partial charge is 0.335 e. The molecule has 148 valence electrons. The van der Waals surface area contributed by atoms with E-state index in [1.54, 1.807) is 19.1 Å². The molecule has 0 atom stereocenters. The maximum absolute atomic E-state index is 12.5. The summed E-state index contributed by atoms with van der Waals surface area (Å²) in [5, 5.41) is 19.9. The van der Waals surface area contributed by atoms with E-state index in [2.05, 4.69) is 9.98 Å². The zero-order valence-electron chi connectivity index (χ0n) is 15.6. The Kier molecular flexibility index (Phi) is 5.77. The highest BCUT2D eigenvalue weighted by molar-refractivity contribution is 6.03. The van der Waals surface area contributed by atoms with Crippen molar-refractivity contribution >= 4 is 17.4 Å². The summed E-state index contributed by atoms with van der Waals surface area (Å²) in [6, 6.07) is 5.85. The SMILES string of the molecule is CCC(=Nc1cccc(C(=O)O)c1)c1c(O)n(C2CCCCC2)c(=O)[nH]c1=O. The predicted octanol–water partition coefficient (Wildman–Crippen LogP) is 2.98. The van der Waals surface area contributed by atoms with Gasteiger partial charge in [-0.15, -0.1) is 0 Å². The van der Waals surface area contributed by atoms with Gasteiger partial charge in [0.25, 0.3) is 5.56 Å². The van der Waals surface area contributed by atoms with Crippen molar-refractivity contribution in [2.24, 2.45) is 4.99 Å². The van der Waals surface area contributed by atoms with Crippen LogP contribution in [0.5, 0.6) is 5.88 Å². The summed E-state index contributed by atoms with van der Waals surface area (Å²) in [6.45, 7) is 1.77. The molecule has 2 aromatic rings. The molecule has 1 aliphatic rings. The van der Waals surface area contributed by atoms with E-state index in [-0.39, 0.29) is 28.8 Å². The van der Waals surface area contributed by atoms with Crippen LogP contribution in [0, 0.1) is 0 Å². The minimum absolute atomic E-state index is 0.0478. The minimum Gasteiger partial charge on any atom is -0.494 e. The zero-order valence-corrected chi connectivity index (χ0v) is 15.6. The Hall–Kier alpha value is -3.16. The molecule has 3 N–H and O–H groups in total. The van der Waals surface area contributed by atoms with Crippen LogP contribution in [0.2, 0.25) is 0 Å². The summed E-state index contributed by atoms with van der Waals surface area (Å²) in [7, 11) is 0. The van der Waals surface area contributed by atoms with Crippen molar-refractivity contribution in [1.82, 2.24) is 9.55 Å². The Bertz CT molecular complexity index is 1030. The van der Waals surface area contributed by atoms with E-state index >= 15 is 0 Å². The number of carboxylic acid groups (broad SMARTS) is 1. The van der Waals surface area contributed by atoms with Crippen LogP contribution in [0.15, 0.2) is 38.8 Å². The Morgan fingerprint density at radius 2 is 1.96 bits per heavy atom. The maximum atomic E-state index is 12.5. The lowest BCUT2D eigenvalue weighted by molar-refractivity contribution is 0.0697. The molecule has 1 saturated carbocycles. The molecular formula is C20H23N3O5. The van der Waals surface area contributed by atoms with Gasteiger partial charge in [0.1, 0.15) is 5.56 Å². The highest BCUT2D eigenvalue weighted by Crippen LogP contribution is 2.30. The number of H-pyrrole nitrogens is 1.